The lowest BCUT2D eigenvalue weighted by Crippen LogP contribution is -2.22. The van der Waals surface area contributed by atoms with Crippen molar-refractivity contribution in [3.05, 3.63) is 30.1 Å². The predicted molar refractivity (Wildman–Crippen MR) is 85.6 cm³/mol. The molecule has 1 aliphatic rings. The topological polar surface area (TPSA) is 48.4 Å². The van der Waals surface area contributed by atoms with Crippen LogP contribution in [0.2, 0.25) is 0 Å². The molecule has 0 aromatic carbocycles. The Balaban J connectivity index is 1.44. The summed E-state index contributed by atoms with van der Waals surface area (Å²) >= 11 is 0. The first-order chi connectivity index (χ1) is 10.8. The monoisotopic (exact) mass is 305 g/mol. The summed E-state index contributed by atoms with van der Waals surface area (Å²) in [6, 6.07) is 4.00. The fourth-order valence-electron chi connectivity index (χ4n) is 2.64. The second-order valence-electron chi connectivity index (χ2n) is 5.88. The molecule has 0 aliphatic carbocycles. The van der Waals surface area contributed by atoms with Gasteiger partial charge < -0.3 is 9.47 Å². The van der Waals surface area contributed by atoms with E-state index in [1.165, 1.54) is 12.0 Å². The quantitative estimate of drug-likeness (QED) is 0.619. The molecule has 0 radical (unpaired) electrons. The Morgan fingerprint density at radius 1 is 1.27 bits per heavy atom. The van der Waals surface area contributed by atoms with Gasteiger partial charge in [0.15, 0.2) is 6.29 Å². The van der Waals surface area contributed by atoms with E-state index in [0.29, 0.717) is 25.2 Å². The fourth-order valence-corrected chi connectivity index (χ4v) is 2.64. The second kappa shape index (κ2) is 10.5. The molecule has 2 rings (SSSR count). The number of carbonyl (C=O) groups is 1. The van der Waals surface area contributed by atoms with Crippen molar-refractivity contribution in [1.29, 1.82) is 0 Å². The molecule has 1 saturated heterocycles. The van der Waals surface area contributed by atoms with Crippen molar-refractivity contribution >= 4 is 5.78 Å². The summed E-state index contributed by atoms with van der Waals surface area (Å²) in [6.45, 7) is 1.52. The van der Waals surface area contributed by atoms with Crippen molar-refractivity contribution in [1.82, 2.24) is 4.98 Å². The van der Waals surface area contributed by atoms with Crippen LogP contribution in [0, 0.1) is 0 Å². The molecule has 1 atom stereocenters. The number of unbranched alkanes of at least 4 members (excludes halogenated alkanes) is 1. The number of hydrogen-bond acceptors (Lipinski definition) is 4. The zero-order valence-electron chi connectivity index (χ0n) is 13.3. The van der Waals surface area contributed by atoms with Crippen LogP contribution in [0.5, 0.6) is 0 Å². The number of aryl methyl sites for hydroxylation is 1. The molecule has 0 unspecified atom stereocenters. The molecule has 0 spiro atoms. The number of pyridine rings is 1. The minimum Gasteiger partial charge on any atom is -0.353 e. The van der Waals surface area contributed by atoms with E-state index in [-0.39, 0.29) is 6.29 Å². The average Bonchev–Trinajstić information content (AvgIpc) is 2.56. The van der Waals surface area contributed by atoms with Gasteiger partial charge >= 0.3 is 0 Å². The fraction of sp³-hybridized carbons (Fsp3) is 0.667. The minimum absolute atomic E-state index is 0.0102. The Morgan fingerprint density at radius 2 is 2.18 bits per heavy atom. The largest absolute Gasteiger partial charge is 0.353 e. The van der Waals surface area contributed by atoms with Crippen LogP contribution in [-0.2, 0) is 20.7 Å². The highest BCUT2D eigenvalue weighted by atomic mass is 16.7. The van der Waals surface area contributed by atoms with E-state index in [4.69, 9.17) is 9.47 Å². The normalized spacial score (nSPS) is 18.3. The molecule has 1 aromatic rings. The van der Waals surface area contributed by atoms with E-state index in [9.17, 15) is 4.79 Å². The summed E-state index contributed by atoms with van der Waals surface area (Å²) in [6.07, 6.45) is 12.0. The van der Waals surface area contributed by atoms with Crippen molar-refractivity contribution in [3.63, 3.8) is 0 Å². The molecule has 0 amide bonds. The van der Waals surface area contributed by atoms with E-state index in [0.717, 1.165) is 45.1 Å². The van der Waals surface area contributed by atoms with E-state index in [2.05, 4.69) is 11.1 Å². The summed E-state index contributed by atoms with van der Waals surface area (Å²) in [5, 5.41) is 0. The SMILES string of the molecule is O=C(CCCCO[C@H]1CCCCO1)CCCc1cccnc1. The third kappa shape index (κ3) is 7.14. The number of carbonyl (C=O) groups excluding carboxylic acids is 1. The summed E-state index contributed by atoms with van der Waals surface area (Å²) in [5.74, 6) is 0.359. The molecule has 122 valence electrons. The van der Waals surface area contributed by atoms with Crippen molar-refractivity contribution in [2.45, 2.75) is 64.1 Å². The maximum atomic E-state index is 11.8. The smallest absolute Gasteiger partial charge is 0.157 e. The minimum atomic E-state index is -0.0102. The van der Waals surface area contributed by atoms with E-state index < -0.39 is 0 Å². The molecule has 22 heavy (non-hydrogen) atoms. The van der Waals surface area contributed by atoms with Crippen LogP contribution in [0.1, 0.15) is 56.9 Å². The third-order valence-electron chi connectivity index (χ3n) is 3.94. The average molecular weight is 305 g/mol. The first-order valence-electron chi connectivity index (χ1n) is 8.48. The third-order valence-corrected chi connectivity index (χ3v) is 3.94. The second-order valence-corrected chi connectivity index (χ2v) is 5.88. The Bertz CT molecular complexity index is 416. The Labute approximate surface area is 133 Å². The summed E-state index contributed by atoms with van der Waals surface area (Å²) in [7, 11) is 0. The highest BCUT2D eigenvalue weighted by Gasteiger charge is 2.13. The number of Topliss-reactive ketones (excluding diaryl/α,β-unsaturated/α-hetero) is 1. The van der Waals surface area contributed by atoms with Crippen LogP contribution < -0.4 is 0 Å². The zero-order valence-corrected chi connectivity index (χ0v) is 13.3. The Morgan fingerprint density at radius 3 is 2.95 bits per heavy atom. The lowest BCUT2D eigenvalue weighted by Gasteiger charge is -2.22. The van der Waals surface area contributed by atoms with Crippen LogP contribution >= 0.6 is 0 Å². The molecule has 0 bridgehead atoms. The zero-order chi connectivity index (χ0) is 15.5. The van der Waals surface area contributed by atoms with Crippen molar-refractivity contribution in [2.75, 3.05) is 13.2 Å². The van der Waals surface area contributed by atoms with Crippen molar-refractivity contribution in [3.8, 4) is 0 Å². The van der Waals surface area contributed by atoms with Gasteiger partial charge in [-0.3, -0.25) is 9.78 Å². The first-order valence-corrected chi connectivity index (χ1v) is 8.48. The molecule has 1 aliphatic heterocycles. The summed E-state index contributed by atoms with van der Waals surface area (Å²) in [4.78, 5) is 15.9. The molecule has 1 aromatic heterocycles. The van der Waals surface area contributed by atoms with Crippen LogP contribution in [-0.4, -0.2) is 30.3 Å². The maximum Gasteiger partial charge on any atom is 0.157 e. The van der Waals surface area contributed by atoms with Gasteiger partial charge in [0, 0.05) is 38.4 Å². The van der Waals surface area contributed by atoms with Gasteiger partial charge in [-0.25, -0.2) is 0 Å². The number of nitrogens with zero attached hydrogens (tertiary/aromatic N) is 1. The van der Waals surface area contributed by atoms with Gasteiger partial charge in [0.1, 0.15) is 5.78 Å². The van der Waals surface area contributed by atoms with Gasteiger partial charge in [-0.2, -0.15) is 0 Å². The summed E-state index contributed by atoms with van der Waals surface area (Å²) in [5.41, 5.74) is 1.20. The predicted octanol–water partition coefficient (Wildman–Crippen LogP) is 3.69. The number of rotatable bonds is 10. The van der Waals surface area contributed by atoms with Gasteiger partial charge in [0.25, 0.3) is 0 Å². The first kappa shape index (κ1) is 17.1. The van der Waals surface area contributed by atoms with Crippen LogP contribution in [0.25, 0.3) is 0 Å². The molecule has 4 heteroatoms. The lowest BCUT2D eigenvalue weighted by molar-refractivity contribution is -0.162. The number of ketones is 1. The van der Waals surface area contributed by atoms with E-state index in [1.54, 1.807) is 6.20 Å². The molecule has 2 heterocycles. The lowest BCUT2D eigenvalue weighted by atomic mass is 10.1. The van der Waals surface area contributed by atoms with E-state index in [1.807, 2.05) is 12.3 Å². The van der Waals surface area contributed by atoms with Crippen LogP contribution in [0.4, 0.5) is 0 Å². The van der Waals surface area contributed by atoms with Gasteiger partial charge in [-0.15, -0.1) is 0 Å². The van der Waals surface area contributed by atoms with Crippen LogP contribution in [0.15, 0.2) is 24.5 Å². The Hall–Kier alpha value is -1.26. The Kier molecular flexibility index (Phi) is 8.13. The van der Waals surface area contributed by atoms with Gasteiger partial charge in [-0.1, -0.05) is 6.07 Å². The molecule has 1 fully saturated rings. The molecule has 4 nitrogen and oxygen atoms in total. The number of hydrogen-bond donors (Lipinski definition) is 0. The standard InChI is InChI=1S/C18H27NO3/c20-17(10-5-7-16-8-6-12-19-15-16)9-1-3-13-21-18-11-2-4-14-22-18/h6,8,12,15,18H,1-5,7,9-11,13-14H2/t18-/m1/s1. The van der Waals surface area contributed by atoms with E-state index >= 15 is 0 Å². The molecule has 0 saturated carbocycles. The highest BCUT2D eigenvalue weighted by molar-refractivity contribution is 5.78. The maximum absolute atomic E-state index is 11.8. The van der Waals surface area contributed by atoms with Gasteiger partial charge in [-0.05, 0) is 56.6 Å². The van der Waals surface area contributed by atoms with Crippen molar-refractivity contribution < 1.29 is 14.3 Å². The molecular weight excluding hydrogens is 278 g/mol. The van der Waals surface area contributed by atoms with Gasteiger partial charge in [0.2, 0.25) is 0 Å². The molecular formula is C18H27NO3. The highest BCUT2D eigenvalue weighted by Crippen LogP contribution is 2.14. The van der Waals surface area contributed by atoms with Gasteiger partial charge in [0.05, 0.1) is 0 Å². The number of ether oxygens (including phenoxy) is 2. The van der Waals surface area contributed by atoms with Crippen LogP contribution in [0.3, 0.4) is 0 Å². The number of aromatic nitrogens is 1. The van der Waals surface area contributed by atoms with Crippen molar-refractivity contribution in [2.24, 2.45) is 0 Å². The summed E-state index contributed by atoms with van der Waals surface area (Å²) < 4.78 is 11.2. The molecule has 0 N–H and O–H groups in total.